The van der Waals surface area contributed by atoms with E-state index in [1.54, 1.807) is 0 Å². The molecule has 1 unspecified atom stereocenters. The summed E-state index contributed by atoms with van der Waals surface area (Å²) in [5, 5.41) is 0.907. The molecule has 0 saturated carbocycles. The van der Waals surface area contributed by atoms with Crippen molar-refractivity contribution < 1.29 is 0 Å². The second-order valence-corrected chi connectivity index (χ2v) is 4.82. The van der Waals surface area contributed by atoms with Gasteiger partial charge >= 0.3 is 0 Å². The van der Waals surface area contributed by atoms with E-state index in [-0.39, 0.29) is 0 Å². The average Bonchev–Trinajstić information content (AvgIpc) is 1.88. The largest absolute Gasteiger partial charge is 0.0840 e. The highest BCUT2D eigenvalue weighted by atomic mass is 35.5. The van der Waals surface area contributed by atoms with Gasteiger partial charge in [-0.15, -0.1) is 0 Å². The Morgan fingerprint density at radius 1 is 1.40 bits per heavy atom. The van der Waals surface area contributed by atoms with Crippen LogP contribution in [-0.2, 0) is 0 Å². The maximum atomic E-state index is 5.94. The molecule has 0 amide bonds. The van der Waals surface area contributed by atoms with Crippen molar-refractivity contribution in [2.24, 2.45) is 0 Å². The average molecular weight is 171 g/mol. The zero-order chi connectivity index (χ0) is 7.56. The van der Waals surface area contributed by atoms with Crippen molar-refractivity contribution >= 4 is 21.8 Å². The van der Waals surface area contributed by atoms with Crippen LogP contribution in [0.25, 0.3) is 0 Å². The zero-order valence-electron chi connectivity index (χ0n) is 6.26. The first-order chi connectivity index (χ1) is 4.72. The second kappa shape index (κ2) is 3.22. The van der Waals surface area contributed by atoms with Gasteiger partial charge in [0.25, 0.3) is 0 Å². The molecule has 0 N–H and O–H groups in total. The third-order valence-corrected chi connectivity index (χ3v) is 2.49. The minimum absolute atomic E-state index is 0.661. The van der Waals surface area contributed by atoms with Crippen molar-refractivity contribution in [1.82, 2.24) is 0 Å². The summed E-state index contributed by atoms with van der Waals surface area (Å²) >= 11 is 5.94. The first kappa shape index (κ1) is 7.83. The fourth-order valence-corrected chi connectivity index (χ4v) is 1.98. The molecule has 0 aliphatic carbocycles. The van der Waals surface area contributed by atoms with E-state index in [0.29, 0.717) is 5.54 Å². The van der Waals surface area contributed by atoms with Crippen LogP contribution in [0.5, 0.6) is 0 Å². The standard InChI is InChI=1S/C8H11ClSi/c1-6(10)7-4-2-3-5-8(7)9/h2-6H,1,10H3. The maximum absolute atomic E-state index is 5.94. The van der Waals surface area contributed by atoms with Gasteiger partial charge in [0.15, 0.2) is 0 Å². The Morgan fingerprint density at radius 3 is 2.40 bits per heavy atom. The molecule has 54 valence electrons. The van der Waals surface area contributed by atoms with E-state index in [2.05, 4.69) is 13.0 Å². The topological polar surface area (TPSA) is 0 Å². The zero-order valence-corrected chi connectivity index (χ0v) is 9.02. The van der Waals surface area contributed by atoms with Crippen LogP contribution in [0, 0.1) is 0 Å². The Hall–Kier alpha value is -0.273. The molecule has 0 spiro atoms. The van der Waals surface area contributed by atoms with Gasteiger partial charge in [0, 0.05) is 15.3 Å². The van der Waals surface area contributed by atoms with Gasteiger partial charge in [-0.1, -0.05) is 36.7 Å². The Labute approximate surface area is 69.6 Å². The molecular weight excluding hydrogens is 160 g/mol. The van der Waals surface area contributed by atoms with E-state index in [4.69, 9.17) is 11.6 Å². The van der Waals surface area contributed by atoms with Gasteiger partial charge in [0.1, 0.15) is 0 Å². The Kier molecular flexibility index (Phi) is 2.52. The summed E-state index contributed by atoms with van der Waals surface area (Å²) in [4.78, 5) is 0. The second-order valence-electron chi connectivity index (χ2n) is 2.68. The van der Waals surface area contributed by atoms with Gasteiger partial charge in [-0.2, -0.15) is 0 Å². The molecule has 0 bridgehead atoms. The van der Waals surface area contributed by atoms with Crippen LogP contribution in [0.15, 0.2) is 24.3 Å². The molecule has 0 aliphatic rings. The molecule has 10 heavy (non-hydrogen) atoms. The highest BCUT2D eigenvalue weighted by Gasteiger charge is 2.01. The maximum Gasteiger partial charge on any atom is 0.0437 e. The van der Waals surface area contributed by atoms with Gasteiger partial charge in [0.05, 0.1) is 0 Å². The molecule has 0 heterocycles. The molecule has 0 saturated heterocycles. The number of halogens is 1. The summed E-state index contributed by atoms with van der Waals surface area (Å²) in [6.45, 7) is 2.20. The highest BCUT2D eigenvalue weighted by molar-refractivity contribution is 6.32. The lowest BCUT2D eigenvalue weighted by molar-refractivity contribution is 1.08. The minimum Gasteiger partial charge on any atom is -0.0840 e. The molecule has 1 aromatic carbocycles. The quantitative estimate of drug-likeness (QED) is 0.564. The minimum atomic E-state index is 0.661. The highest BCUT2D eigenvalue weighted by Crippen LogP contribution is 2.20. The van der Waals surface area contributed by atoms with E-state index < -0.39 is 0 Å². The summed E-state index contributed by atoms with van der Waals surface area (Å²) in [6.07, 6.45) is 0. The number of benzene rings is 1. The van der Waals surface area contributed by atoms with Crippen molar-refractivity contribution in [3.8, 4) is 0 Å². The van der Waals surface area contributed by atoms with Crippen molar-refractivity contribution in [2.75, 3.05) is 0 Å². The monoisotopic (exact) mass is 170 g/mol. The molecular formula is C8H11ClSi. The molecule has 0 nitrogen and oxygen atoms in total. The first-order valence-electron chi connectivity index (χ1n) is 3.46. The summed E-state index contributed by atoms with van der Waals surface area (Å²) in [7, 11) is 1.17. The summed E-state index contributed by atoms with van der Waals surface area (Å²) < 4.78 is 0. The van der Waals surface area contributed by atoms with Gasteiger partial charge in [-0.3, -0.25) is 0 Å². The molecule has 0 radical (unpaired) electrons. The van der Waals surface area contributed by atoms with Crippen LogP contribution in [0.1, 0.15) is 18.0 Å². The van der Waals surface area contributed by atoms with Gasteiger partial charge in [-0.25, -0.2) is 0 Å². The molecule has 0 aliphatic heterocycles. The van der Waals surface area contributed by atoms with E-state index in [1.165, 1.54) is 15.8 Å². The molecule has 0 fully saturated rings. The summed E-state index contributed by atoms with van der Waals surface area (Å²) in [6, 6.07) is 8.05. The summed E-state index contributed by atoms with van der Waals surface area (Å²) in [5.41, 5.74) is 1.95. The van der Waals surface area contributed by atoms with Crippen molar-refractivity contribution in [3.05, 3.63) is 34.9 Å². The van der Waals surface area contributed by atoms with E-state index in [0.717, 1.165) is 5.02 Å². The third kappa shape index (κ3) is 1.61. The lowest BCUT2D eigenvalue weighted by Gasteiger charge is -2.05. The van der Waals surface area contributed by atoms with Gasteiger partial charge < -0.3 is 0 Å². The third-order valence-electron chi connectivity index (χ3n) is 1.53. The van der Waals surface area contributed by atoms with Crippen molar-refractivity contribution in [2.45, 2.75) is 12.5 Å². The fraction of sp³-hybridized carbons (Fsp3) is 0.250. The Morgan fingerprint density at radius 2 is 2.00 bits per heavy atom. The smallest absolute Gasteiger partial charge is 0.0437 e. The van der Waals surface area contributed by atoms with Gasteiger partial charge in [-0.05, 0) is 17.2 Å². The van der Waals surface area contributed by atoms with E-state index in [9.17, 15) is 0 Å². The van der Waals surface area contributed by atoms with Crippen LogP contribution < -0.4 is 0 Å². The number of hydrogen-bond acceptors (Lipinski definition) is 0. The number of rotatable bonds is 1. The normalized spacial score (nSPS) is 13.4. The SMILES string of the molecule is CC([SiH3])c1ccccc1Cl. The predicted octanol–water partition coefficient (Wildman–Crippen LogP) is 1.77. The lowest BCUT2D eigenvalue weighted by atomic mass is 10.2. The van der Waals surface area contributed by atoms with Crippen LogP contribution in [0.4, 0.5) is 0 Å². The van der Waals surface area contributed by atoms with Crippen LogP contribution in [0.2, 0.25) is 5.02 Å². The van der Waals surface area contributed by atoms with Crippen molar-refractivity contribution in [3.63, 3.8) is 0 Å². The first-order valence-corrected chi connectivity index (χ1v) is 4.99. The van der Waals surface area contributed by atoms with Crippen LogP contribution in [-0.4, -0.2) is 10.2 Å². The predicted molar refractivity (Wildman–Crippen MR) is 49.8 cm³/mol. The van der Waals surface area contributed by atoms with Crippen molar-refractivity contribution in [1.29, 1.82) is 0 Å². The van der Waals surface area contributed by atoms with E-state index in [1.807, 2.05) is 18.2 Å². The Bertz CT molecular complexity index is 220. The molecule has 1 aromatic rings. The van der Waals surface area contributed by atoms with E-state index >= 15 is 0 Å². The van der Waals surface area contributed by atoms with Crippen LogP contribution >= 0.6 is 11.6 Å². The lowest BCUT2D eigenvalue weighted by Crippen LogP contribution is -1.91. The molecule has 1 rings (SSSR count). The molecule has 1 atom stereocenters. The fourth-order valence-electron chi connectivity index (χ4n) is 0.943. The molecule has 0 aromatic heterocycles. The van der Waals surface area contributed by atoms with Crippen LogP contribution in [0.3, 0.4) is 0 Å². The number of hydrogen-bond donors (Lipinski definition) is 0. The Balaban J connectivity index is 3.03. The summed E-state index contributed by atoms with van der Waals surface area (Å²) in [5.74, 6) is 0. The van der Waals surface area contributed by atoms with Gasteiger partial charge in [0.2, 0.25) is 0 Å². The molecule has 2 heteroatoms.